The van der Waals surface area contributed by atoms with E-state index < -0.39 is 30.5 Å². The van der Waals surface area contributed by atoms with Gasteiger partial charge in [0.15, 0.2) is 6.10 Å². The maximum absolute atomic E-state index is 10.8. The molecule has 0 spiro atoms. The summed E-state index contributed by atoms with van der Waals surface area (Å²) in [5.74, 6) is -0.635. The molecule has 1 aliphatic heterocycles. The summed E-state index contributed by atoms with van der Waals surface area (Å²) >= 11 is 0. The van der Waals surface area contributed by atoms with Gasteiger partial charge in [-0.05, 0) is 0 Å². The molecule has 8 heteroatoms. The van der Waals surface area contributed by atoms with Crippen molar-refractivity contribution in [1.29, 1.82) is 0 Å². The minimum atomic E-state index is -1.52. The van der Waals surface area contributed by atoms with E-state index in [9.17, 15) is 14.4 Å². The number of cyclic esters (lactones) is 2. The van der Waals surface area contributed by atoms with Crippen LogP contribution < -0.4 is 0 Å². The van der Waals surface area contributed by atoms with Crippen molar-refractivity contribution in [3.63, 3.8) is 0 Å². The van der Waals surface area contributed by atoms with Gasteiger partial charge in [0.1, 0.15) is 12.7 Å². The highest BCUT2D eigenvalue weighted by atomic mass is 16.8. The molecule has 0 radical (unpaired) electrons. The second kappa shape index (κ2) is 6.48. The monoisotopic (exact) mass is 260 g/mol. The molecule has 1 saturated heterocycles. The molecule has 8 nitrogen and oxygen atoms in total. The van der Waals surface area contributed by atoms with E-state index in [0.717, 1.165) is 6.08 Å². The van der Waals surface area contributed by atoms with Crippen molar-refractivity contribution in [2.75, 3.05) is 13.2 Å². The number of carbonyl (C=O) groups is 3. The van der Waals surface area contributed by atoms with E-state index >= 15 is 0 Å². The van der Waals surface area contributed by atoms with E-state index in [1.165, 1.54) is 0 Å². The standard InChI is InChI=1S/C10H12O8/c1-2-8(11)15-4-3-6(17-9(12)13)7-5-16-10(14)18-7/h2,6-7H,1,3-5H2,(H,12,13). The fourth-order valence-corrected chi connectivity index (χ4v) is 1.31. The minimum Gasteiger partial charge on any atom is -0.462 e. The van der Waals surface area contributed by atoms with Gasteiger partial charge in [-0.3, -0.25) is 0 Å². The lowest BCUT2D eigenvalue weighted by Gasteiger charge is -2.19. The van der Waals surface area contributed by atoms with Crippen LogP contribution in [-0.4, -0.2) is 48.8 Å². The molecule has 0 amide bonds. The van der Waals surface area contributed by atoms with Crippen LogP contribution in [0.5, 0.6) is 0 Å². The van der Waals surface area contributed by atoms with Gasteiger partial charge < -0.3 is 24.1 Å². The summed E-state index contributed by atoms with van der Waals surface area (Å²) in [6.45, 7) is 3.01. The SMILES string of the molecule is C=CC(=O)OCCC(OC(=O)O)C1COC(=O)O1. The van der Waals surface area contributed by atoms with Gasteiger partial charge in [0.05, 0.1) is 6.61 Å². The first kappa shape index (κ1) is 13.8. The smallest absolute Gasteiger partial charge is 0.462 e. The number of rotatable bonds is 6. The Morgan fingerprint density at radius 3 is 2.83 bits per heavy atom. The summed E-state index contributed by atoms with van der Waals surface area (Å²) in [4.78, 5) is 32.0. The second-order valence-electron chi connectivity index (χ2n) is 3.30. The normalized spacial score (nSPS) is 19.3. The third-order valence-corrected chi connectivity index (χ3v) is 2.09. The molecule has 0 aromatic carbocycles. The Morgan fingerprint density at radius 2 is 2.33 bits per heavy atom. The Kier molecular flexibility index (Phi) is 4.97. The van der Waals surface area contributed by atoms with E-state index in [1.54, 1.807) is 0 Å². The van der Waals surface area contributed by atoms with Gasteiger partial charge in [-0.1, -0.05) is 6.58 Å². The van der Waals surface area contributed by atoms with Crippen molar-refractivity contribution in [3.05, 3.63) is 12.7 Å². The highest BCUT2D eigenvalue weighted by molar-refractivity contribution is 5.81. The maximum Gasteiger partial charge on any atom is 0.508 e. The van der Waals surface area contributed by atoms with E-state index in [-0.39, 0.29) is 19.6 Å². The first-order valence-electron chi connectivity index (χ1n) is 5.05. The van der Waals surface area contributed by atoms with E-state index in [0.29, 0.717) is 0 Å². The average Bonchev–Trinajstić information content (AvgIpc) is 2.73. The molecule has 2 atom stereocenters. The fraction of sp³-hybridized carbons (Fsp3) is 0.500. The van der Waals surface area contributed by atoms with Gasteiger partial charge in [0, 0.05) is 12.5 Å². The van der Waals surface area contributed by atoms with Crippen LogP contribution in [0.3, 0.4) is 0 Å². The predicted molar refractivity (Wildman–Crippen MR) is 54.9 cm³/mol. The zero-order valence-corrected chi connectivity index (χ0v) is 9.37. The Bertz CT molecular complexity index is 350. The summed E-state index contributed by atoms with van der Waals surface area (Å²) in [6, 6.07) is 0. The first-order valence-corrected chi connectivity index (χ1v) is 5.05. The summed E-state index contributed by atoms with van der Waals surface area (Å²) in [7, 11) is 0. The number of carbonyl (C=O) groups excluding carboxylic acids is 2. The molecule has 0 aromatic heterocycles. The van der Waals surface area contributed by atoms with E-state index in [4.69, 9.17) is 9.84 Å². The highest BCUT2D eigenvalue weighted by Crippen LogP contribution is 2.16. The largest absolute Gasteiger partial charge is 0.508 e. The van der Waals surface area contributed by atoms with Crippen LogP contribution in [0.1, 0.15) is 6.42 Å². The molecule has 18 heavy (non-hydrogen) atoms. The van der Waals surface area contributed by atoms with Crippen LogP contribution in [0, 0.1) is 0 Å². The molecular formula is C10H12O8. The van der Waals surface area contributed by atoms with Crippen molar-refractivity contribution in [3.8, 4) is 0 Å². The molecular weight excluding hydrogens is 248 g/mol. The number of hydrogen-bond donors (Lipinski definition) is 1. The Hall–Kier alpha value is -2.25. The van der Waals surface area contributed by atoms with Gasteiger partial charge in [-0.15, -0.1) is 0 Å². The molecule has 0 aromatic rings. The third-order valence-electron chi connectivity index (χ3n) is 2.09. The quantitative estimate of drug-likeness (QED) is 0.422. The van der Waals surface area contributed by atoms with Crippen molar-refractivity contribution in [2.24, 2.45) is 0 Å². The second-order valence-corrected chi connectivity index (χ2v) is 3.30. The van der Waals surface area contributed by atoms with Crippen molar-refractivity contribution in [2.45, 2.75) is 18.6 Å². The zero-order chi connectivity index (χ0) is 13.5. The lowest BCUT2D eigenvalue weighted by molar-refractivity contribution is -0.138. The zero-order valence-electron chi connectivity index (χ0n) is 9.37. The van der Waals surface area contributed by atoms with Crippen LogP contribution in [0.25, 0.3) is 0 Å². The van der Waals surface area contributed by atoms with Gasteiger partial charge >= 0.3 is 18.3 Å². The molecule has 0 aliphatic carbocycles. The number of carboxylic acid groups (broad SMARTS) is 1. The molecule has 100 valence electrons. The molecule has 0 bridgehead atoms. The van der Waals surface area contributed by atoms with Crippen molar-refractivity contribution in [1.82, 2.24) is 0 Å². The van der Waals surface area contributed by atoms with Crippen LogP contribution >= 0.6 is 0 Å². The minimum absolute atomic E-state index is 0.0488. The van der Waals surface area contributed by atoms with Gasteiger partial charge in [-0.25, -0.2) is 14.4 Å². The van der Waals surface area contributed by atoms with Crippen LogP contribution in [0.4, 0.5) is 9.59 Å². The lowest BCUT2D eigenvalue weighted by atomic mass is 10.1. The van der Waals surface area contributed by atoms with Crippen LogP contribution in [0.2, 0.25) is 0 Å². The van der Waals surface area contributed by atoms with Crippen LogP contribution in [-0.2, 0) is 23.7 Å². The summed E-state index contributed by atoms with van der Waals surface area (Å²) in [5.41, 5.74) is 0. The number of hydrogen-bond acceptors (Lipinski definition) is 7. The van der Waals surface area contributed by atoms with Crippen molar-refractivity contribution >= 4 is 18.3 Å². The molecule has 1 rings (SSSR count). The molecule has 1 N–H and O–H groups in total. The third kappa shape index (κ3) is 4.32. The topological polar surface area (TPSA) is 108 Å². The lowest BCUT2D eigenvalue weighted by Crippen LogP contribution is -2.34. The summed E-state index contributed by atoms with van der Waals surface area (Å²) < 4.78 is 18.4. The Morgan fingerprint density at radius 1 is 1.61 bits per heavy atom. The van der Waals surface area contributed by atoms with Gasteiger partial charge in [0.25, 0.3) is 0 Å². The Balaban J connectivity index is 2.45. The molecule has 0 saturated carbocycles. The predicted octanol–water partition coefficient (Wildman–Crippen LogP) is 0.704. The number of esters is 1. The molecule has 1 heterocycles. The molecule has 1 fully saturated rings. The van der Waals surface area contributed by atoms with Gasteiger partial charge in [-0.2, -0.15) is 0 Å². The number of ether oxygens (including phenoxy) is 4. The average molecular weight is 260 g/mol. The molecule has 1 aliphatic rings. The van der Waals surface area contributed by atoms with Gasteiger partial charge in [0.2, 0.25) is 0 Å². The van der Waals surface area contributed by atoms with Crippen molar-refractivity contribution < 1.29 is 38.4 Å². The fourth-order valence-electron chi connectivity index (χ4n) is 1.31. The Labute approximate surface area is 102 Å². The summed E-state index contributed by atoms with van der Waals surface area (Å²) in [5, 5.41) is 8.54. The van der Waals surface area contributed by atoms with E-state index in [2.05, 4.69) is 20.8 Å². The summed E-state index contributed by atoms with van der Waals surface area (Å²) in [6.07, 6.45) is -3.17. The first-order chi connectivity index (χ1) is 8.52. The highest BCUT2D eigenvalue weighted by Gasteiger charge is 2.35. The van der Waals surface area contributed by atoms with E-state index in [1.807, 2.05) is 0 Å². The van der Waals surface area contributed by atoms with Crippen LogP contribution in [0.15, 0.2) is 12.7 Å². The maximum atomic E-state index is 10.8. The molecule has 2 unspecified atom stereocenters.